The molecule has 1 aromatic heterocycles. The Bertz CT molecular complexity index is 170. The number of hydrogen-bond donors (Lipinski definition) is 1. The van der Waals surface area contributed by atoms with E-state index in [0.29, 0.717) is 0 Å². The Morgan fingerprint density at radius 3 is 3.00 bits per heavy atom. The van der Waals surface area contributed by atoms with Crippen LogP contribution >= 0.6 is 11.3 Å². The average Bonchev–Trinajstić information content (AvgIpc) is 2.50. The van der Waals surface area contributed by atoms with E-state index in [2.05, 4.69) is 29.1 Å². The molecule has 1 rings (SSSR count). The van der Waals surface area contributed by atoms with Crippen LogP contribution in [0.3, 0.4) is 0 Å². The zero-order valence-corrected chi connectivity index (χ0v) is 7.79. The zero-order valence-electron chi connectivity index (χ0n) is 6.97. The Kier molecular flexibility index (Phi) is 4.24. The molecule has 0 aliphatic rings. The second kappa shape index (κ2) is 5.33. The second-order valence-corrected chi connectivity index (χ2v) is 3.41. The van der Waals surface area contributed by atoms with E-state index in [1.54, 1.807) is 11.3 Å². The first-order chi connectivity index (χ1) is 5.43. The molecule has 1 N–H and O–H groups in total. The molecule has 0 aliphatic carbocycles. The summed E-state index contributed by atoms with van der Waals surface area (Å²) in [6, 6.07) is 2.19. The molecule has 0 amide bonds. The van der Waals surface area contributed by atoms with Gasteiger partial charge in [0, 0.05) is 0 Å². The Hall–Kier alpha value is -0.340. The van der Waals surface area contributed by atoms with Gasteiger partial charge in [0.05, 0.1) is 0 Å². The van der Waals surface area contributed by atoms with Crippen LogP contribution in [0.25, 0.3) is 0 Å². The van der Waals surface area contributed by atoms with Gasteiger partial charge in [-0.05, 0) is 48.3 Å². The van der Waals surface area contributed by atoms with Crippen molar-refractivity contribution in [2.24, 2.45) is 0 Å². The largest absolute Gasteiger partial charge is 0.316 e. The van der Waals surface area contributed by atoms with Gasteiger partial charge in [0.15, 0.2) is 0 Å². The first-order valence-electron chi connectivity index (χ1n) is 4.15. The quantitative estimate of drug-likeness (QED) is 0.667. The first-order valence-corrected chi connectivity index (χ1v) is 5.09. The molecule has 2 heteroatoms. The normalized spacial score (nSPS) is 10.3. The molecule has 11 heavy (non-hydrogen) atoms. The van der Waals surface area contributed by atoms with Gasteiger partial charge in [-0.25, -0.2) is 0 Å². The fraction of sp³-hybridized carbons (Fsp3) is 0.556. The molecule has 0 bridgehead atoms. The lowest BCUT2D eigenvalue weighted by Gasteiger charge is -1.99. The highest BCUT2D eigenvalue weighted by Crippen LogP contribution is 2.05. The van der Waals surface area contributed by atoms with Crippen LogP contribution in [0.5, 0.6) is 0 Å². The number of hydrogen-bond acceptors (Lipinski definition) is 2. The molecule has 0 aliphatic heterocycles. The predicted octanol–water partition coefficient (Wildman–Crippen LogP) is 2.29. The summed E-state index contributed by atoms with van der Waals surface area (Å²) in [5.74, 6) is 0. The van der Waals surface area contributed by atoms with Crippen LogP contribution in [0.2, 0.25) is 0 Å². The predicted molar refractivity (Wildman–Crippen MR) is 51.2 cm³/mol. The van der Waals surface area contributed by atoms with Gasteiger partial charge in [-0.15, -0.1) is 0 Å². The Labute approximate surface area is 72.4 Å². The van der Waals surface area contributed by atoms with Crippen molar-refractivity contribution >= 4 is 11.3 Å². The van der Waals surface area contributed by atoms with Crippen molar-refractivity contribution in [2.75, 3.05) is 13.1 Å². The van der Waals surface area contributed by atoms with Crippen molar-refractivity contribution in [3.05, 3.63) is 22.4 Å². The van der Waals surface area contributed by atoms with E-state index < -0.39 is 0 Å². The highest BCUT2D eigenvalue weighted by molar-refractivity contribution is 7.07. The van der Waals surface area contributed by atoms with Crippen LogP contribution in [-0.4, -0.2) is 13.1 Å². The molecule has 0 saturated heterocycles. The summed E-state index contributed by atoms with van der Waals surface area (Å²) in [6.45, 7) is 4.45. The summed E-state index contributed by atoms with van der Waals surface area (Å²) in [7, 11) is 0. The molecule has 0 saturated carbocycles. The van der Waals surface area contributed by atoms with Crippen molar-refractivity contribution in [3.63, 3.8) is 0 Å². The summed E-state index contributed by atoms with van der Waals surface area (Å²) in [5.41, 5.74) is 1.46. The van der Waals surface area contributed by atoms with E-state index in [9.17, 15) is 0 Å². The summed E-state index contributed by atoms with van der Waals surface area (Å²) >= 11 is 1.78. The molecule has 62 valence electrons. The highest BCUT2D eigenvalue weighted by Gasteiger charge is 1.90. The van der Waals surface area contributed by atoms with Crippen LogP contribution in [0.15, 0.2) is 16.8 Å². The Morgan fingerprint density at radius 1 is 1.45 bits per heavy atom. The van der Waals surface area contributed by atoms with Crippen LogP contribution in [0.1, 0.15) is 18.9 Å². The Morgan fingerprint density at radius 2 is 2.36 bits per heavy atom. The maximum absolute atomic E-state index is 3.38. The van der Waals surface area contributed by atoms with E-state index in [1.807, 2.05) is 0 Å². The van der Waals surface area contributed by atoms with Crippen molar-refractivity contribution in [3.8, 4) is 0 Å². The maximum Gasteiger partial charge on any atom is -0.000806 e. The van der Waals surface area contributed by atoms with Crippen LogP contribution in [0, 0.1) is 0 Å². The van der Waals surface area contributed by atoms with E-state index in [4.69, 9.17) is 0 Å². The number of nitrogens with one attached hydrogen (secondary N) is 1. The molecular weight excluding hydrogens is 154 g/mol. The Balaban J connectivity index is 2.04. The number of thiophene rings is 1. The van der Waals surface area contributed by atoms with Crippen LogP contribution in [0.4, 0.5) is 0 Å². The molecule has 0 aromatic carbocycles. The van der Waals surface area contributed by atoms with Crippen molar-refractivity contribution in [2.45, 2.75) is 19.8 Å². The van der Waals surface area contributed by atoms with Gasteiger partial charge < -0.3 is 5.32 Å². The smallest absolute Gasteiger partial charge is 0.000806 e. The van der Waals surface area contributed by atoms with Crippen molar-refractivity contribution in [1.29, 1.82) is 0 Å². The summed E-state index contributed by atoms with van der Waals surface area (Å²) in [5, 5.41) is 7.73. The van der Waals surface area contributed by atoms with E-state index in [0.717, 1.165) is 13.1 Å². The third-order valence-corrected chi connectivity index (χ3v) is 2.33. The van der Waals surface area contributed by atoms with Crippen molar-refractivity contribution < 1.29 is 0 Å². The summed E-state index contributed by atoms with van der Waals surface area (Å²) < 4.78 is 0. The van der Waals surface area contributed by atoms with Crippen molar-refractivity contribution in [1.82, 2.24) is 5.32 Å². The third-order valence-electron chi connectivity index (χ3n) is 1.60. The molecule has 0 fully saturated rings. The van der Waals surface area contributed by atoms with Gasteiger partial charge in [0.2, 0.25) is 0 Å². The molecule has 1 nitrogen and oxygen atoms in total. The van der Waals surface area contributed by atoms with Gasteiger partial charge >= 0.3 is 0 Å². The van der Waals surface area contributed by atoms with Crippen LogP contribution in [-0.2, 0) is 6.42 Å². The van der Waals surface area contributed by atoms with E-state index >= 15 is 0 Å². The molecule has 0 atom stereocenters. The SMILES string of the molecule is CCCNCCc1ccsc1. The molecule has 1 heterocycles. The molecule has 0 unspecified atom stereocenters. The fourth-order valence-corrected chi connectivity index (χ4v) is 1.67. The summed E-state index contributed by atoms with van der Waals surface area (Å²) in [4.78, 5) is 0. The minimum absolute atomic E-state index is 1.12. The minimum atomic E-state index is 1.12. The third kappa shape index (κ3) is 3.54. The zero-order chi connectivity index (χ0) is 7.94. The van der Waals surface area contributed by atoms with Gasteiger partial charge in [0.25, 0.3) is 0 Å². The lowest BCUT2D eigenvalue weighted by Crippen LogP contribution is -2.17. The van der Waals surface area contributed by atoms with Gasteiger partial charge in [0.1, 0.15) is 0 Å². The maximum atomic E-state index is 3.38. The topological polar surface area (TPSA) is 12.0 Å². The monoisotopic (exact) mass is 169 g/mol. The van der Waals surface area contributed by atoms with Gasteiger partial charge in [-0.1, -0.05) is 6.92 Å². The second-order valence-electron chi connectivity index (χ2n) is 2.63. The minimum Gasteiger partial charge on any atom is -0.316 e. The number of rotatable bonds is 5. The highest BCUT2D eigenvalue weighted by atomic mass is 32.1. The first kappa shape index (κ1) is 8.75. The summed E-state index contributed by atoms with van der Waals surface area (Å²) in [6.07, 6.45) is 2.40. The average molecular weight is 169 g/mol. The fourth-order valence-electron chi connectivity index (χ4n) is 0.969. The molecule has 0 radical (unpaired) electrons. The van der Waals surface area contributed by atoms with Gasteiger partial charge in [-0.2, -0.15) is 11.3 Å². The van der Waals surface area contributed by atoms with Crippen LogP contribution < -0.4 is 5.32 Å². The van der Waals surface area contributed by atoms with Gasteiger partial charge in [-0.3, -0.25) is 0 Å². The standard InChI is InChI=1S/C9H15NS/c1-2-5-10-6-3-9-4-7-11-8-9/h4,7-8,10H,2-3,5-6H2,1H3. The van der Waals surface area contributed by atoms with E-state index in [1.165, 1.54) is 18.4 Å². The van der Waals surface area contributed by atoms with E-state index in [-0.39, 0.29) is 0 Å². The molecular formula is C9H15NS. The lowest BCUT2D eigenvalue weighted by molar-refractivity contribution is 0.672. The molecule has 1 aromatic rings. The lowest BCUT2D eigenvalue weighted by atomic mass is 10.2. The molecule has 0 spiro atoms.